The maximum atomic E-state index is 14.6. The molecule has 4 rings (SSSR count). The van der Waals surface area contributed by atoms with E-state index in [1.54, 1.807) is 6.92 Å². The number of ether oxygens (including phenoxy) is 2. The Morgan fingerprint density at radius 2 is 1.61 bits per heavy atom. The smallest absolute Gasteiger partial charge is 0.478 e. The Labute approximate surface area is 219 Å². The van der Waals surface area contributed by atoms with Gasteiger partial charge in [-0.25, -0.2) is 9.18 Å². The van der Waals surface area contributed by atoms with Crippen LogP contribution in [0.3, 0.4) is 0 Å². The minimum Gasteiger partial charge on any atom is -0.478 e. The third kappa shape index (κ3) is 5.31. The van der Waals surface area contributed by atoms with E-state index in [0.717, 1.165) is 18.2 Å². The molecule has 3 aromatic carbocycles. The predicted octanol–water partition coefficient (Wildman–Crippen LogP) is 7.10. The van der Waals surface area contributed by atoms with E-state index in [0.29, 0.717) is 21.7 Å². The quantitative estimate of drug-likeness (QED) is 0.196. The van der Waals surface area contributed by atoms with Crippen molar-refractivity contribution < 1.29 is 41.7 Å². The molecule has 0 amide bonds. The fraction of sp³-hybridized carbons (Fsp3) is 0.185. The fourth-order valence-electron chi connectivity index (χ4n) is 3.99. The second-order valence-corrected chi connectivity index (χ2v) is 9.33. The lowest BCUT2D eigenvalue weighted by atomic mass is 10.0. The van der Waals surface area contributed by atoms with Crippen molar-refractivity contribution >= 4 is 34.3 Å². The van der Waals surface area contributed by atoms with Crippen LogP contribution in [0.2, 0.25) is 5.02 Å². The van der Waals surface area contributed by atoms with Gasteiger partial charge in [-0.15, -0.1) is 13.2 Å². The highest BCUT2D eigenvalue weighted by Crippen LogP contribution is 2.36. The lowest BCUT2D eigenvalue weighted by Gasteiger charge is -2.22. The summed E-state index contributed by atoms with van der Waals surface area (Å²) in [6.45, 7) is 4.06. The van der Waals surface area contributed by atoms with Crippen molar-refractivity contribution in [1.82, 2.24) is 4.57 Å². The Morgan fingerprint density at radius 3 is 2.21 bits per heavy atom. The lowest BCUT2D eigenvalue weighted by molar-refractivity contribution is -0.274. The van der Waals surface area contributed by atoms with Crippen LogP contribution >= 0.6 is 11.6 Å². The molecular formula is C27H20ClF4NO5. The van der Waals surface area contributed by atoms with Gasteiger partial charge in [0.2, 0.25) is 0 Å². The maximum absolute atomic E-state index is 14.6. The second-order valence-electron chi connectivity index (χ2n) is 8.89. The summed E-state index contributed by atoms with van der Waals surface area (Å²) in [5, 5.41) is 10.1. The molecule has 0 unspecified atom stereocenters. The summed E-state index contributed by atoms with van der Waals surface area (Å²) < 4.78 is 64.4. The summed E-state index contributed by atoms with van der Waals surface area (Å²) in [6.07, 6.45) is -4.96. The number of hydrogen-bond acceptors (Lipinski definition) is 4. The molecular weight excluding hydrogens is 530 g/mol. The van der Waals surface area contributed by atoms with Crippen LogP contribution in [-0.2, 0) is 4.79 Å². The zero-order valence-electron chi connectivity index (χ0n) is 20.2. The van der Waals surface area contributed by atoms with Gasteiger partial charge in [-0.05, 0) is 69.3 Å². The average molecular weight is 550 g/mol. The number of carboxylic acid groups (broad SMARTS) is 1. The Balaban J connectivity index is 1.95. The van der Waals surface area contributed by atoms with Gasteiger partial charge < -0.3 is 19.1 Å². The summed E-state index contributed by atoms with van der Waals surface area (Å²) in [4.78, 5) is 25.0. The van der Waals surface area contributed by atoms with E-state index in [1.807, 2.05) is 0 Å². The van der Waals surface area contributed by atoms with Gasteiger partial charge in [-0.1, -0.05) is 11.6 Å². The number of aliphatic carboxylic acids is 1. The van der Waals surface area contributed by atoms with E-state index in [1.165, 1.54) is 60.9 Å². The number of benzene rings is 3. The van der Waals surface area contributed by atoms with E-state index in [9.17, 15) is 32.3 Å². The largest absolute Gasteiger partial charge is 0.573 e. The molecule has 38 heavy (non-hydrogen) atoms. The Hall–Kier alpha value is -4.05. The van der Waals surface area contributed by atoms with Crippen LogP contribution in [0, 0.1) is 12.7 Å². The number of hydrogen-bond donors (Lipinski definition) is 1. The molecule has 4 aromatic rings. The number of carbonyl (C=O) groups excluding carboxylic acids is 1. The molecule has 1 aromatic heterocycles. The minimum atomic E-state index is -4.96. The molecule has 0 atom stereocenters. The monoisotopic (exact) mass is 549 g/mol. The molecule has 198 valence electrons. The van der Waals surface area contributed by atoms with E-state index in [-0.39, 0.29) is 16.8 Å². The highest BCUT2D eigenvalue weighted by atomic mass is 35.5. The van der Waals surface area contributed by atoms with Crippen LogP contribution in [0.25, 0.3) is 16.6 Å². The number of carboxylic acids is 1. The molecule has 1 N–H and O–H groups in total. The molecule has 0 bridgehead atoms. The number of halogens is 5. The predicted molar refractivity (Wildman–Crippen MR) is 132 cm³/mol. The SMILES string of the molecule is Cc1c(C(=O)c2ccc(Cl)cc2)c2ccc(OC(F)(F)F)cc2n1-c1ccc(F)c(OC(C)(C)C(=O)O)c1. The van der Waals surface area contributed by atoms with Crippen LogP contribution in [0.1, 0.15) is 35.5 Å². The highest BCUT2D eigenvalue weighted by Gasteiger charge is 2.33. The van der Waals surface area contributed by atoms with Gasteiger partial charge in [0.15, 0.2) is 23.0 Å². The second kappa shape index (κ2) is 9.68. The van der Waals surface area contributed by atoms with Crippen LogP contribution in [0.15, 0.2) is 60.7 Å². The van der Waals surface area contributed by atoms with Crippen LogP contribution < -0.4 is 9.47 Å². The zero-order valence-corrected chi connectivity index (χ0v) is 20.9. The van der Waals surface area contributed by atoms with E-state index in [2.05, 4.69) is 4.74 Å². The number of carbonyl (C=O) groups is 2. The summed E-state index contributed by atoms with van der Waals surface area (Å²) in [5.74, 6) is -3.53. The molecule has 0 aliphatic heterocycles. The molecule has 0 fully saturated rings. The first kappa shape index (κ1) is 27.0. The number of aromatic nitrogens is 1. The zero-order chi connectivity index (χ0) is 28.0. The van der Waals surface area contributed by atoms with E-state index < -0.39 is 41.0 Å². The van der Waals surface area contributed by atoms with Gasteiger partial charge in [-0.2, -0.15) is 0 Å². The van der Waals surface area contributed by atoms with Crippen molar-refractivity contribution in [2.45, 2.75) is 32.7 Å². The first-order valence-electron chi connectivity index (χ1n) is 11.1. The molecule has 0 aliphatic rings. The van der Waals surface area contributed by atoms with Crippen molar-refractivity contribution in [3.05, 3.63) is 88.3 Å². The Kier molecular flexibility index (Phi) is 6.88. The van der Waals surface area contributed by atoms with Crippen molar-refractivity contribution in [3.8, 4) is 17.2 Å². The number of fused-ring (bicyclic) bond motifs is 1. The first-order chi connectivity index (χ1) is 17.7. The van der Waals surface area contributed by atoms with Crippen molar-refractivity contribution in [1.29, 1.82) is 0 Å². The molecule has 0 spiro atoms. The molecule has 6 nitrogen and oxygen atoms in total. The van der Waals surface area contributed by atoms with Crippen LogP contribution in [0.4, 0.5) is 17.6 Å². The molecule has 0 aliphatic carbocycles. The standard InChI is InChI=1S/C27H20ClF4NO5/c1-14-23(24(34)15-4-6-16(28)7-5-15)19-10-9-18(37-27(30,31)32)13-21(19)33(14)17-8-11-20(29)22(12-17)38-26(2,3)25(35)36/h4-13H,1-3H3,(H,35,36). The molecule has 0 saturated carbocycles. The van der Waals surface area contributed by atoms with E-state index in [4.69, 9.17) is 16.3 Å². The molecule has 1 heterocycles. The average Bonchev–Trinajstić information content (AvgIpc) is 3.10. The van der Waals surface area contributed by atoms with Crippen molar-refractivity contribution in [3.63, 3.8) is 0 Å². The summed E-state index contributed by atoms with van der Waals surface area (Å²) in [6, 6.07) is 13.2. The topological polar surface area (TPSA) is 77.8 Å². The number of rotatable bonds is 7. The van der Waals surface area contributed by atoms with Crippen molar-refractivity contribution in [2.75, 3.05) is 0 Å². The number of alkyl halides is 3. The number of nitrogens with zero attached hydrogens (tertiary/aromatic N) is 1. The normalized spacial score (nSPS) is 12.0. The van der Waals surface area contributed by atoms with E-state index >= 15 is 0 Å². The molecule has 0 radical (unpaired) electrons. The third-order valence-electron chi connectivity index (χ3n) is 5.80. The minimum absolute atomic E-state index is 0.164. The van der Waals surface area contributed by atoms with Crippen LogP contribution in [0.5, 0.6) is 11.5 Å². The highest BCUT2D eigenvalue weighted by molar-refractivity contribution is 6.30. The fourth-order valence-corrected chi connectivity index (χ4v) is 4.11. The maximum Gasteiger partial charge on any atom is 0.573 e. The van der Waals surface area contributed by atoms with Gasteiger partial charge in [0, 0.05) is 39.5 Å². The number of ketones is 1. The molecule has 11 heteroatoms. The van der Waals surface area contributed by atoms with Crippen molar-refractivity contribution in [2.24, 2.45) is 0 Å². The molecule has 0 saturated heterocycles. The van der Waals surface area contributed by atoms with Gasteiger partial charge in [0.1, 0.15) is 5.75 Å². The van der Waals surface area contributed by atoms with Gasteiger partial charge in [-0.3, -0.25) is 4.79 Å². The first-order valence-corrected chi connectivity index (χ1v) is 11.5. The Bertz CT molecular complexity index is 1560. The summed E-state index contributed by atoms with van der Waals surface area (Å²) >= 11 is 5.94. The summed E-state index contributed by atoms with van der Waals surface area (Å²) in [5.41, 5.74) is -0.589. The van der Waals surface area contributed by atoms with Crippen LogP contribution in [-0.4, -0.2) is 33.4 Å². The van der Waals surface area contributed by atoms with Gasteiger partial charge in [0.05, 0.1) is 11.1 Å². The summed E-state index contributed by atoms with van der Waals surface area (Å²) in [7, 11) is 0. The van der Waals surface area contributed by atoms with Gasteiger partial charge >= 0.3 is 12.3 Å². The lowest BCUT2D eigenvalue weighted by Crippen LogP contribution is -2.38. The van der Waals surface area contributed by atoms with Gasteiger partial charge in [0.25, 0.3) is 0 Å². The Morgan fingerprint density at radius 1 is 0.947 bits per heavy atom. The third-order valence-corrected chi connectivity index (χ3v) is 6.05.